The van der Waals surface area contributed by atoms with Gasteiger partial charge in [-0.05, 0) is 5.56 Å². The van der Waals surface area contributed by atoms with Crippen LogP contribution >= 0.6 is 0 Å². The summed E-state index contributed by atoms with van der Waals surface area (Å²) in [5.74, 6) is -4.28. The van der Waals surface area contributed by atoms with E-state index in [1.807, 2.05) is 0 Å². The van der Waals surface area contributed by atoms with Crippen LogP contribution in [0.3, 0.4) is 0 Å². The van der Waals surface area contributed by atoms with E-state index >= 15 is 0 Å². The molecule has 0 bridgehead atoms. The van der Waals surface area contributed by atoms with Gasteiger partial charge in [-0.2, -0.15) is 13.2 Å². The zero-order chi connectivity index (χ0) is 13.9. The van der Waals surface area contributed by atoms with Crippen molar-refractivity contribution >= 4 is 11.6 Å². The van der Waals surface area contributed by atoms with Gasteiger partial charge < -0.3 is 5.11 Å². The van der Waals surface area contributed by atoms with Crippen molar-refractivity contribution in [2.45, 2.75) is 19.0 Å². The zero-order valence-electron chi connectivity index (χ0n) is 8.87. The number of hydrogen-bond donors (Lipinski definition) is 1. The SMILES string of the molecule is O=C(c1ccc(CO)cc1)C(F)C(=O)C(F)(F)F. The Morgan fingerprint density at radius 2 is 1.67 bits per heavy atom. The van der Waals surface area contributed by atoms with Crippen LogP contribution in [0.5, 0.6) is 0 Å². The molecule has 7 heteroatoms. The number of halogens is 4. The van der Waals surface area contributed by atoms with Crippen molar-refractivity contribution in [1.82, 2.24) is 0 Å². The van der Waals surface area contributed by atoms with E-state index in [4.69, 9.17) is 5.11 Å². The summed E-state index contributed by atoms with van der Waals surface area (Å²) in [5, 5.41) is 8.71. The molecule has 1 rings (SSSR count). The fourth-order valence-electron chi connectivity index (χ4n) is 1.18. The van der Waals surface area contributed by atoms with Gasteiger partial charge in [-0.15, -0.1) is 0 Å². The first kappa shape index (κ1) is 14.3. The molecule has 0 aliphatic rings. The smallest absolute Gasteiger partial charge is 0.392 e. The predicted octanol–water partition coefficient (Wildman–Crippen LogP) is 1.83. The molecule has 0 saturated heterocycles. The Kier molecular flexibility index (Phi) is 4.18. The molecular formula is C11H8F4O3. The number of ketones is 2. The van der Waals surface area contributed by atoms with E-state index in [9.17, 15) is 27.2 Å². The molecule has 0 fully saturated rings. The Balaban J connectivity index is 2.90. The number of Topliss-reactive ketones (excluding diaryl/α,β-unsaturated/α-hetero) is 2. The van der Waals surface area contributed by atoms with E-state index in [1.165, 1.54) is 12.1 Å². The number of hydrogen-bond acceptors (Lipinski definition) is 3. The summed E-state index contributed by atoms with van der Waals surface area (Å²) in [6, 6.07) is 4.59. The Morgan fingerprint density at radius 3 is 2.06 bits per heavy atom. The number of alkyl halides is 4. The van der Waals surface area contributed by atoms with Crippen LogP contribution in [-0.2, 0) is 11.4 Å². The van der Waals surface area contributed by atoms with Gasteiger partial charge in [-0.1, -0.05) is 24.3 Å². The van der Waals surface area contributed by atoms with Crippen molar-refractivity contribution < 1.29 is 32.3 Å². The van der Waals surface area contributed by atoms with Gasteiger partial charge in [0.1, 0.15) is 0 Å². The average molecular weight is 264 g/mol. The standard InChI is InChI=1S/C11H8F4O3/c12-8(10(18)11(13,14)15)9(17)7-3-1-6(5-16)2-4-7/h1-4,8,16H,5H2. The summed E-state index contributed by atoms with van der Waals surface area (Å²) in [7, 11) is 0. The Labute approximate surface area is 99.0 Å². The summed E-state index contributed by atoms with van der Waals surface area (Å²) < 4.78 is 48.8. The topological polar surface area (TPSA) is 54.4 Å². The molecule has 1 unspecified atom stereocenters. The number of aliphatic hydroxyl groups excluding tert-OH is 1. The third-order valence-electron chi connectivity index (χ3n) is 2.16. The molecule has 0 amide bonds. The van der Waals surface area contributed by atoms with Crippen molar-refractivity contribution in [2.24, 2.45) is 0 Å². The van der Waals surface area contributed by atoms with Crippen LogP contribution in [0.25, 0.3) is 0 Å². The molecule has 1 atom stereocenters. The summed E-state index contributed by atoms with van der Waals surface area (Å²) in [6.07, 6.45) is -8.65. The van der Waals surface area contributed by atoms with Crippen LogP contribution in [-0.4, -0.2) is 29.0 Å². The Hall–Kier alpha value is -1.76. The molecule has 18 heavy (non-hydrogen) atoms. The van der Waals surface area contributed by atoms with Gasteiger partial charge in [0, 0.05) is 5.56 Å². The van der Waals surface area contributed by atoms with E-state index < -0.39 is 23.9 Å². The molecule has 1 aromatic rings. The molecule has 98 valence electrons. The predicted molar refractivity (Wildman–Crippen MR) is 52.7 cm³/mol. The number of rotatable bonds is 4. The highest BCUT2D eigenvalue weighted by Gasteiger charge is 2.46. The lowest BCUT2D eigenvalue weighted by molar-refractivity contribution is -0.174. The van der Waals surface area contributed by atoms with Crippen LogP contribution in [0.1, 0.15) is 15.9 Å². The third kappa shape index (κ3) is 3.13. The second-order valence-electron chi connectivity index (χ2n) is 3.44. The largest absolute Gasteiger partial charge is 0.453 e. The van der Waals surface area contributed by atoms with Gasteiger partial charge >= 0.3 is 6.18 Å². The van der Waals surface area contributed by atoms with Gasteiger partial charge in [-0.3, -0.25) is 9.59 Å². The lowest BCUT2D eigenvalue weighted by Crippen LogP contribution is -2.36. The van der Waals surface area contributed by atoms with E-state index in [1.54, 1.807) is 0 Å². The Morgan fingerprint density at radius 1 is 1.17 bits per heavy atom. The van der Waals surface area contributed by atoms with Crippen molar-refractivity contribution in [3.8, 4) is 0 Å². The molecule has 1 aromatic carbocycles. The summed E-state index contributed by atoms with van der Waals surface area (Å²) >= 11 is 0. The van der Waals surface area contributed by atoms with Crippen molar-refractivity contribution in [3.05, 3.63) is 35.4 Å². The van der Waals surface area contributed by atoms with Crippen molar-refractivity contribution in [1.29, 1.82) is 0 Å². The molecule has 0 aliphatic heterocycles. The van der Waals surface area contributed by atoms with Crippen LogP contribution in [0.2, 0.25) is 0 Å². The second-order valence-corrected chi connectivity index (χ2v) is 3.44. The lowest BCUT2D eigenvalue weighted by atomic mass is 10.0. The zero-order valence-corrected chi connectivity index (χ0v) is 8.87. The number of aliphatic hydroxyl groups is 1. The maximum absolute atomic E-state index is 13.1. The van der Waals surface area contributed by atoms with E-state index in [0.717, 1.165) is 12.1 Å². The molecule has 0 spiro atoms. The molecule has 0 radical (unpaired) electrons. The average Bonchev–Trinajstić information content (AvgIpc) is 2.35. The van der Waals surface area contributed by atoms with Crippen LogP contribution in [0.4, 0.5) is 17.6 Å². The highest BCUT2D eigenvalue weighted by atomic mass is 19.4. The van der Waals surface area contributed by atoms with Crippen LogP contribution in [0, 0.1) is 0 Å². The maximum atomic E-state index is 13.1. The monoisotopic (exact) mass is 264 g/mol. The highest BCUT2D eigenvalue weighted by Crippen LogP contribution is 2.21. The number of benzene rings is 1. The lowest BCUT2D eigenvalue weighted by Gasteiger charge is -2.09. The molecule has 0 aromatic heterocycles. The third-order valence-corrected chi connectivity index (χ3v) is 2.16. The minimum absolute atomic E-state index is 0.324. The van der Waals surface area contributed by atoms with Gasteiger partial charge in [0.05, 0.1) is 6.61 Å². The first-order valence-corrected chi connectivity index (χ1v) is 4.76. The molecule has 3 nitrogen and oxygen atoms in total. The molecular weight excluding hydrogens is 256 g/mol. The minimum Gasteiger partial charge on any atom is -0.392 e. The number of carbonyl (C=O) groups excluding carboxylic acids is 2. The van der Waals surface area contributed by atoms with Gasteiger partial charge in [0.2, 0.25) is 12.0 Å². The summed E-state index contributed by atoms with van der Waals surface area (Å²) in [5.41, 5.74) is 0.0430. The first-order chi connectivity index (χ1) is 8.27. The quantitative estimate of drug-likeness (QED) is 0.513. The van der Waals surface area contributed by atoms with Crippen LogP contribution in [0.15, 0.2) is 24.3 Å². The fourth-order valence-corrected chi connectivity index (χ4v) is 1.18. The summed E-state index contributed by atoms with van der Waals surface area (Å²) in [6.45, 7) is -0.324. The summed E-state index contributed by atoms with van der Waals surface area (Å²) in [4.78, 5) is 21.8. The van der Waals surface area contributed by atoms with Crippen molar-refractivity contribution in [3.63, 3.8) is 0 Å². The fraction of sp³-hybridized carbons (Fsp3) is 0.273. The second kappa shape index (κ2) is 5.26. The van der Waals surface area contributed by atoms with Crippen molar-refractivity contribution in [2.75, 3.05) is 0 Å². The molecule has 1 N–H and O–H groups in total. The van der Waals surface area contributed by atoms with Gasteiger partial charge in [-0.25, -0.2) is 4.39 Å². The molecule has 0 heterocycles. The minimum atomic E-state index is -5.39. The molecule has 0 aliphatic carbocycles. The van der Waals surface area contributed by atoms with E-state index in [2.05, 4.69) is 0 Å². The maximum Gasteiger partial charge on any atom is 0.453 e. The van der Waals surface area contributed by atoms with Crippen LogP contribution < -0.4 is 0 Å². The van der Waals surface area contributed by atoms with Gasteiger partial charge in [0.25, 0.3) is 5.78 Å². The molecule has 0 saturated carbocycles. The van der Waals surface area contributed by atoms with E-state index in [0.29, 0.717) is 5.56 Å². The normalized spacial score (nSPS) is 13.2. The Bertz CT molecular complexity index is 450. The van der Waals surface area contributed by atoms with E-state index in [-0.39, 0.29) is 12.2 Å². The number of carbonyl (C=O) groups is 2. The highest BCUT2D eigenvalue weighted by molar-refractivity contribution is 6.14. The van der Waals surface area contributed by atoms with Gasteiger partial charge in [0.15, 0.2) is 0 Å². The first-order valence-electron chi connectivity index (χ1n) is 4.76.